The summed E-state index contributed by atoms with van der Waals surface area (Å²) in [5.74, 6) is 0.436. The lowest BCUT2D eigenvalue weighted by atomic mass is 10.1. The smallest absolute Gasteiger partial charge is 0.222 e. The van der Waals surface area contributed by atoms with Crippen LogP contribution in [0.1, 0.15) is 69.5 Å². The van der Waals surface area contributed by atoms with E-state index in [1.807, 2.05) is 17.0 Å². The van der Waals surface area contributed by atoms with Crippen LogP contribution in [0.3, 0.4) is 0 Å². The van der Waals surface area contributed by atoms with Crippen LogP contribution >= 0.6 is 0 Å². The average molecular weight is 346 g/mol. The molecular formula is C20H30N2O3. The van der Waals surface area contributed by atoms with Gasteiger partial charge in [0.1, 0.15) is 5.75 Å². The highest BCUT2D eigenvalue weighted by Gasteiger charge is 2.25. The first-order chi connectivity index (χ1) is 12.1. The summed E-state index contributed by atoms with van der Waals surface area (Å²) in [6, 6.07) is 5.44. The van der Waals surface area contributed by atoms with Gasteiger partial charge in [-0.15, -0.1) is 0 Å². The highest BCUT2D eigenvalue weighted by Crippen LogP contribution is 2.36. The molecule has 1 aromatic carbocycles. The second-order valence-electron chi connectivity index (χ2n) is 6.74. The highest BCUT2D eigenvalue weighted by atomic mass is 16.3. The standard InChI is InChI=1S/C20H30N2O3/c1-3-13-22(14-4-2)20(25)10-6-9-19(24)21-17-12-11-16-15(17)7-5-8-18(16)23/h5,7-8,17,23H,3-4,6,9-14H2,1-2H3,(H,21,24). The fourth-order valence-corrected chi connectivity index (χ4v) is 3.51. The third-order valence-corrected chi connectivity index (χ3v) is 4.72. The highest BCUT2D eigenvalue weighted by molar-refractivity contribution is 5.79. The van der Waals surface area contributed by atoms with Crippen LogP contribution in [0, 0.1) is 0 Å². The minimum Gasteiger partial charge on any atom is -0.508 e. The molecule has 0 radical (unpaired) electrons. The van der Waals surface area contributed by atoms with Gasteiger partial charge in [0.05, 0.1) is 6.04 Å². The van der Waals surface area contributed by atoms with Crippen molar-refractivity contribution in [3.05, 3.63) is 29.3 Å². The molecule has 0 saturated heterocycles. The lowest BCUT2D eigenvalue weighted by Crippen LogP contribution is -2.32. The molecule has 1 aliphatic carbocycles. The van der Waals surface area contributed by atoms with Crippen molar-refractivity contribution in [2.75, 3.05) is 13.1 Å². The van der Waals surface area contributed by atoms with Gasteiger partial charge in [-0.05, 0) is 49.3 Å². The first kappa shape index (κ1) is 19.3. The van der Waals surface area contributed by atoms with Crippen molar-refractivity contribution in [2.45, 2.75) is 64.8 Å². The maximum absolute atomic E-state index is 12.2. The topological polar surface area (TPSA) is 69.6 Å². The van der Waals surface area contributed by atoms with Crippen LogP contribution in [0.4, 0.5) is 0 Å². The molecule has 0 heterocycles. The quantitative estimate of drug-likeness (QED) is 0.721. The van der Waals surface area contributed by atoms with Crippen molar-refractivity contribution in [3.63, 3.8) is 0 Å². The molecule has 5 heteroatoms. The van der Waals surface area contributed by atoms with Gasteiger partial charge in [0.25, 0.3) is 0 Å². The minimum absolute atomic E-state index is 0.0217. The summed E-state index contributed by atoms with van der Waals surface area (Å²) in [7, 11) is 0. The molecule has 2 rings (SSSR count). The van der Waals surface area contributed by atoms with Crippen LogP contribution in [0.2, 0.25) is 0 Å². The van der Waals surface area contributed by atoms with Crippen molar-refractivity contribution in [1.82, 2.24) is 10.2 Å². The number of amides is 2. The number of carbonyl (C=O) groups excluding carboxylic acids is 2. The van der Waals surface area contributed by atoms with Gasteiger partial charge in [-0.2, -0.15) is 0 Å². The van der Waals surface area contributed by atoms with E-state index in [1.165, 1.54) is 0 Å². The fourth-order valence-electron chi connectivity index (χ4n) is 3.51. The largest absolute Gasteiger partial charge is 0.508 e. The second-order valence-corrected chi connectivity index (χ2v) is 6.74. The Labute approximate surface area is 150 Å². The maximum Gasteiger partial charge on any atom is 0.222 e. The summed E-state index contributed by atoms with van der Waals surface area (Å²) in [5.41, 5.74) is 1.96. The summed E-state index contributed by atoms with van der Waals surface area (Å²) >= 11 is 0. The third kappa shape index (κ3) is 5.21. The lowest BCUT2D eigenvalue weighted by Gasteiger charge is -2.21. The molecule has 0 bridgehead atoms. The Kier molecular flexibility index (Phi) is 7.29. The van der Waals surface area contributed by atoms with Crippen LogP contribution in [0.15, 0.2) is 18.2 Å². The molecule has 0 saturated carbocycles. The van der Waals surface area contributed by atoms with E-state index in [0.29, 0.717) is 25.0 Å². The van der Waals surface area contributed by atoms with E-state index >= 15 is 0 Å². The van der Waals surface area contributed by atoms with Crippen molar-refractivity contribution in [3.8, 4) is 5.75 Å². The molecule has 1 unspecified atom stereocenters. The second kappa shape index (κ2) is 9.44. The Balaban J connectivity index is 1.77. The van der Waals surface area contributed by atoms with E-state index in [9.17, 15) is 14.7 Å². The van der Waals surface area contributed by atoms with Gasteiger partial charge in [0.15, 0.2) is 0 Å². The first-order valence-electron chi connectivity index (χ1n) is 9.44. The predicted octanol–water partition coefficient (Wildman–Crippen LogP) is 3.31. The van der Waals surface area contributed by atoms with Crippen molar-refractivity contribution in [1.29, 1.82) is 0 Å². The van der Waals surface area contributed by atoms with Crippen LogP contribution in [0.25, 0.3) is 0 Å². The van der Waals surface area contributed by atoms with Gasteiger partial charge in [-0.1, -0.05) is 26.0 Å². The monoisotopic (exact) mass is 346 g/mol. The normalized spacial score (nSPS) is 15.7. The van der Waals surface area contributed by atoms with Gasteiger partial charge in [-0.3, -0.25) is 9.59 Å². The Bertz CT molecular complexity index is 595. The lowest BCUT2D eigenvalue weighted by molar-refractivity contribution is -0.131. The number of carbonyl (C=O) groups is 2. The van der Waals surface area contributed by atoms with E-state index in [0.717, 1.165) is 49.9 Å². The number of phenols is 1. The van der Waals surface area contributed by atoms with Gasteiger partial charge < -0.3 is 15.3 Å². The Morgan fingerprint density at radius 2 is 1.92 bits per heavy atom. The number of fused-ring (bicyclic) bond motifs is 1. The molecule has 2 N–H and O–H groups in total. The van der Waals surface area contributed by atoms with E-state index in [4.69, 9.17) is 0 Å². The molecule has 138 valence electrons. The zero-order valence-electron chi connectivity index (χ0n) is 15.4. The molecule has 25 heavy (non-hydrogen) atoms. The van der Waals surface area contributed by atoms with E-state index in [2.05, 4.69) is 19.2 Å². The number of benzene rings is 1. The Morgan fingerprint density at radius 3 is 2.60 bits per heavy atom. The molecule has 1 atom stereocenters. The molecule has 0 aliphatic heterocycles. The number of hydrogen-bond acceptors (Lipinski definition) is 3. The number of hydrogen-bond donors (Lipinski definition) is 2. The van der Waals surface area contributed by atoms with Crippen LogP contribution < -0.4 is 5.32 Å². The number of rotatable bonds is 9. The summed E-state index contributed by atoms with van der Waals surface area (Å²) < 4.78 is 0. The van der Waals surface area contributed by atoms with Crippen molar-refractivity contribution in [2.24, 2.45) is 0 Å². The average Bonchev–Trinajstić information content (AvgIpc) is 2.99. The summed E-state index contributed by atoms with van der Waals surface area (Å²) in [6.45, 7) is 5.73. The molecule has 1 aromatic rings. The summed E-state index contributed by atoms with van der Waals surface area (Å²) in [4.78, 5) is 26.3. The maximum atomic E-state index is 12.2. The molecule has 5 nitrogen and oxygen atoms in total. The van der Waals surface area contributed by atoms with Crippen molar-refractivity contribution < 1.29 is 14.7 Å². The number of nitrogens with one attached hydrogen (secondary N) is 1. The molecule has 2 amide bonds. The van der Waals surface area contributed by atoms with E-state index < -0.39 is 0 Å². The van der Waals surface area contributed by atoms with Crippen LogP contribution in [0.5, 0.6) is 5.75 Å². The zero-order valence-corrected chi connectivity index (χ0v) is 15.4. The predicted molar refractivity (Wildman–Crippen MR) is 98.3 cm³/mol. The van der Waals surface area contributed by atoms with E-state index in [1.54, 1.807) is 6.07 Å². The molecule has 0 spiro atoms. The number of aromatic hydroxyl groups is 1. The van der Waals surface area contributed by atoms with Crippen LogP contribution in [-0.4, -0.2) is 34.9 Å². The van der Waals surface area contributed by atoms with Gasteiger partial charge >= 0.3 is 0 Å². The Morgan fingerprint density at radius 1 is 1.20 bits per heavy atom. The first-order valence-corrected chi connectivity index (χ1v) is 9.44. The summed E-state index contributed by atoms with van der Waals surface area (Å²) in [6.07, 6.45) is 4.89. The zero-order chi connectivity index (χ0) is 18.2. The third-order valence-electron chi connectivity index (χ3n) is 4.72. The Hall–Kier alpha value is -2.04. The van der Waals surface area contributed by atoms with Gasteiger partial charge in [-0.25, -0.2) is 0 Å². The SMILES string of the molecule is CCCN(CCC)C(=O)CCCC(=O)NC1CCc2c(O)cccc21. The molecule has 0 fully saturated rings. The molecule has 0 aromatic heterocycles. The van der Waals surface area contributed by atoms with E-state index in [-0.39, 0.29) is 17.9 Å². The summed E-state index contributed by atoms with van der Waals surface area (Å²) in [5, 5.41) is 12.9. The fraction of sp³-hybridized carbons (Fsp3) is 0.600. The number of phenolic OH excluding ortho intramolecular Hbond substituents is 1. The van der Waals surface area contributed by atoms with Gasteiger partial charge in [0.2, 0.25) is 11.8 Å². The number of nitrogens with zero attached hydrogens (tertiary/aromatic N) is 1. The van der Waals surface area contributed by atoms with Crippen molar-refractivity contribution >= 4 is 11.8 Å². The van der Waals surface area contributed by atoms with Gasteiger partial charge in [0, 0.05) is 25.9 Å². The molecular weight excluding hydrogens is 316 g/mol. The minimum atomic E-state index is -0.0259. The molecule has 1 aliphatic rings. The van der Waals surface area contributed by atoms with Crippen LogP contribution in [-0.2, 0) is 16.0 Å².